The smallest absolute Gasteiger partial charge is 0.417 e. The van der Waals surface area contributed by atoms with E-state index in [0.29, 0.717) is 18.0 Å². The highest BCUT2D eigenvalue weighted by Gasteiger charge is 2.31. The van der Waals surface area contributed by atoms with E-state index in [2.05, 4.69) is 15.6 Å². The maximum absolute atomic E-state index is 12.7. The van der Waals surface area contributed by atoms with Crippen LogP contribution in [0.15, 0.2) is 54.7 Å². The molecule has 0 unspecified atom stereocenters. The molecule has 3 aromatic rings. The lowest BCUT2D eigenvalue weighted by Crippen LogP contribution is -2.22. The van der Waals surface area contributed by atoms with Crippen molar-refractivity contribution in [2.75, 3.05) is 17.2 Å². The molecular formula is C23H19ClF3N3O3. The van der Waals surface area contributed by atoms with Gasteiger partial charge >= 0.3 is 12.1 Å². The number of rotatable bonds is 6. The maximum Gasteiger partial charge on any atom is 0.417 e. The van der Waals surface area contributed by atoms with Gasteiger partial charge < -0.3 is 15.4 Å². The summed E-state index contributed by atoms with van der Waals surface area (Å²) in [7, 11) is 0. The highest BCUT2D eigenvalue weighted by Crippen LogP contribution is 2.32. The Morgan fingerprint density at radius 3 is 2.45 bits per heavy atom. The van der Waals surface area contributed by atoms with Gasteiger partial charge in [-0.25, -0.2) is 9.78 Å². The average molecular weight is 478 g/mol. The van der Waals surface area contributed by atoms with E-state index in [9.17, 15) is 22.8 Å². The van der Waals surface area contributed by atoms with E-state index < -0.39 is 35.2 Å². The Kier molecular flexibility index (Phi) is 7.23. The molecule has 0 fully saturated rings. The van der Waals surface area contributed by atoms with Crippen molar-refractivity contribution in [1.29, 1.82) is 0 Å². The second-order valence-electron chi connectivity index (χ2n) is 7.09. The first kappa shape index (κ1) is 24.1. The molecule has 1 aromatic heterocycles. The number of esters is 1. The Balaban J connectivity index is 1.66. The van der Waals surface area contributed by atoms with Gasteiger partial charge in [0.05, 0.1) is 21.8 Å². The van der Waals surface area contributed by atoms with Gasteiger partial charge in [0.2, 0.25) is 0 Å². The molecule has 2 aromatic carbocycles. The summed E-state index contributed by atoms with van der Waals surface area (Å²) in [4.78, 5) is 28.2. The van der Waals surface area contributed by atoms with Crippen molar-refractivity contribution >= 4 is 40.7 Å². The highest BCUT2D eigenvalue weighted by atomic mass is 35.5. The number of halogens is 4. The van der Waals surface area contributed by atoms with Crippen LogP contribution in [0.1, 0.15) is 27.0 Å². The molecule has 0 atom stereocenters. The van der Waals surface area contributed by atoms with Crippen LogP contribution in [0.5, 0.6) is 0 Å². The zero-order valence-electron chi connectivity index (χ0n) is 17.6. The molecule has 0 aliphatic carbocycles. The van der Waals surface area contributed by atoms with Crippen molar-refractivity contribution in [3.05, 3.63) is 82.0 Å². The van der Waals surface area contributed by atoms with Gasteiger partial charge in [-0.1, -0.05) is 35.9 Å². The minimum Gasteiger partial charge on any atom is -0.452 e. The predicted molar refractivity (Wildman–Crippen MR) is 119 cm³/mol. The lowest BCUT2D eigenvalue weighted by Gasteiger charge is -2.14. The standard InChI is InChI=1S/C23H19ClF3N3O3/c1-13-6-5-9-18(14(13)2)29-19-8-4-3-7-16(19)22(32)33-12-20(31)30-21-17(24)10-15(11-28-21)23(25,26)27/h3-11,29H,12H2,1-2H3,(H,28,30,31). The number of carbonyl (C=O) groups is 2. The van der Waals surface area contributed by atoms with E-state index in [1.165, 1.54) is 0 Å². The van der Waals surface area contributed by atoms with Crippen LogP contribution in [0.4, 0.5) is 30.4 Å². The number of aromatic nitrogens is 1. The summed E-state index contributed by atoms with van der Waals surface area (Å²) in [6, 6.07) is 13.0. The number of para-hydroxylation sites is 1. The summed E-state index contributed by atoms with van der Waals surface area (Å²) >= 11 is 5.77. The number of hydrogen-bond donors (Lipinski definition) is 2. The van der Waals surface area contributed by atoms with E-state index in [-0.39, 0.29) is 11.4 Å². The lowest BCUT2D eigenvalue weighted by molar-refractivity contribution is -0.137. The SMILES string of the molecule is Cc1cccc(Nc2ccccc2C(=O)OCC(=O)Nc2ncc(C(F)(F)F)cc2Cl)c1C. The average Bonchev–Trinajstić information content (AvgIpc) is 2.76. The van der Waals surface area contributed by atoms with Crippen molar-refractivity contribution in [2.45, 2.75) is 20.0 Å². The summed E-state index contributed by atoms with van der Waals surface area (Å²) < 4.78 is 43.2. The molecule has 1 amide bonds. The van der Waals surface area contributed by atoms with Crippen LogP contribution in [0.2, 0.25) is 5.02 Å². The number of aryl methyl sites for hydroxylation is 1. The molecule has 0 saturated carbocycles. The van der Waals surface area contributed by atoms with E-state index in [0.717, 1.165) is 16.8 Å². The van der Waals surface area contributed by atoms with Crippen molar-refractivity contribution in [1.82, 2.24) is 4.98 Å². The van der Waals surface area contributed by atoms with Crippen LogP contribution < -0.4 is 10.6 Å². The van der Waals surface area contributed by atoms with E-state index >= 15 is 0 Å². The monoisotopic (exact) mass is 477 g/mol. The molecule has 0 aliphatic heterocycles. The van der Waals surface area contributed by atoms with Gasteiger partial charge in [0.25, 0.3) is 5.91 Å². The first-order chi connectivity index (χ1) is 15.6. The predicted octanol–water partition coefficient (Wildman–Crippen LogP) is 5.91. The first-order valence-corrected chi connectivity index (χ1v) is 10.1. The molecule has 10 heteroatoms. The number of alkyl halides is 3. The molecule has 1 heterocycles. The van der Waals surface area contributed by atoms with Gasteiger partial charge in [0.15, 0.2) is 12.4 Å². The number of hydrogen-bond acceptors (Lipinski definition) is 5. The van der Waals surface area contributed by atoms with Crippen LogP contribution in [0.3, 0.4) is 0 Å². The van der Waals surface area contributed by atoms with Crippen LogP contribution >= 0.6 is 11.6 Å². The molecule has 0 spiro atoms. The van der Waals surface area contributed by atoms with Crippen molar-refractivity contribution in [2.24, 2.45) is 0 Å². The van der Waals surface area contributed by atoms with Crippen LogP contribution in [0, 0.1) is 13.8 Å². The van der Waals surface area contributed by atoms with Gasteiger partial charge in [-0.3, -0.25) is 4.79 Å². The van der Waals surface area contributed by atoms with Crippen LogP contribution in [-0.4, -0.2) is 23.5 Å². The number of ether oxygens (including phenoxy) is 1. The number of anilines is 3. The zero-order chi connectivity index (χ0) is 24.2. The normalized spacial score (nSPS) is 11.1. The Morgan fingerprint density at radius 2 is 1.76 bits per heavy atom. The minimum absolute atomic E-state index is 0.205. The number of amides is 1. The van der Waals surface area contributed by atoms with E-state index in [4.69, 9.17) is 16.3 Å². The third kappa shape index (κ3) is 6.01. The topological polar surface area (TPSA) is 80.3 Å². The third-order valence-electron chi connectivity index (χ3n) is 4.78. The number of nitrogens with zero attached hydrogens (tertiary/aromatic N) is 1. The fourth-order valence-corrected chi connectivity index (χ4v) is 3.08. The number of nitrogens with one attached hydrogen (secondary N) is 2. The van der Waals surface area contributed by atoms with Gasteiger partial charge in [0.1, 0.15) is 0 Å². The summed E-state index contributed by atoms with van der Waals surface area (Å²) in [5, 5.41) is 5.02. The maximum atomic E-state index is 12.7. The number of benzene rings is 2. The van der Waals surface area contributed by atoms with E-state index in [1.54, 1.807) is 24.3 Å². The van der Waals surface area contributed by atoms with Crippen LogP contribution in [-0.2, 0) is 15.7 Å². The highest BCUT2D eigenvalue weighted by molar-refractivity contribution is 6.33. The molecule has 0 aliphatic rings. The van der Waals surface area contributed by atoms with Gasteiger partial charge in [-0.15, -0.1) is 0 Å². The molecule has 6 nitrogen and oxygen atoms in total. The van der Waals surface area contributed by atoms with Gasteiger partial charge in [0, 0.05) is 11.9 Å². The summed E-state index contributed by atoms with van der Waals surface area (Å²) in [5.41, 5.74) is 2.55. The van der Waals surface area contributed by atoms with Crippen molar-refractivity contribution in [3.8, 4) is 0 Å². The molecule has 2 N–H and O–H groups in total. The molecule has 172 valence electrons. The second kappa shape index (κ2) is 9.91. The number of carbonyl (C=O) groups excluding carboxylic acids is 2. The zero-order valence-corrected chi connectivity index (χ0v) is 18.3. The second-order valence-corrected chi connectivity index (χ2v) is 7.50. The van der Waals surface area contributed by atoms with Gasteiger partial charge in [-0.2, -0.15) is 13.2 Å². The van der Waals surface area contributed by atoms with Gasteiger partial charge in [-0.05, 0) is 49.2 Å². The Bertz CT molecular complexity index is 1200. The fraction of sp³-hybridized carbons (Fsp3) is 0.174. The molecule has 0 bridgehead atoms. The van der Waals surface area contributed by atoms with E-state index in [1.807, 2.05) is 32.0 Å². The number of pyridine rings is 1. The largest absolute Gasteiger partial charge is 0.452 e. The van der Waals surface area contributed by atoms with Crippen LogP contribution in [0.25, 0.3) is 0 Å². The Hall–Kier alpha value is -3.59. The Morgan fingerprint density at radius 1 is 1.06 bits per heavy atom. The summed E-state index contributed by atoms with van der Waals surface area (Å²) in [6.45, 7) is 3.23. The third-order valence-corrected chi connectivity index (χ3v) is 5.07. The molecule has 0 radical (unpaired) electrons. The fourth-order valence-electron chi connectivity index (χ4n) is 2.86. The lowest BCUT2D eigenvalue weighted by atomic mass is 10.1. The molecule has 3 rings (SSSR count). The summed E-state index contributed by atoms with van der Waals surface area (Å²) in [5.74, 6) is -1.84. The summed E-state index contributed by atoms with van der Waals surface area (Å²) in [6.07, 6.45) is -4.07. The molecular weight excluding hydrogens is 459 g/mol. The first-order valence-electron chi connectivity index (χ1n) is 9.68. The molecule has 33 heavy (non-hydrogen) atoms. The molecule has 0 saturated heterocycles. The minimum atomic E-state index is -4.62. The quantitative estimate of drug-likeness (QED) is 0.431. The van der Waals surface area contributed by atoms with Crippen molar-refractivity contribution < 1.29 is 27.5 Å². The Labute approximate surface area is 192 Å². The van der Waals surface area contributed by atoms with Crippen molar-refractivity contribution in [3.63, 3.8) is 0 Å².